The van der Waals surface area contributed by atoms with Crippen molar-refractivity contribution in [1.82, 2.24) is 4.98 Å². The summed E-state index contributed by atoms with van der Waals surface area (Å²) in [6.45, 7) is 0.238. The molecule has 0 aliphatic carbocycles. The Hall–Kier alpha value is -0.650. The maximum Gasteiger partial charge on any atom is 0.148 e. The highest BCUT2D eigenvalue weighted by atomic mass is 79.9. The summed E-state index contributed by atoms with van der Waals surface area (Å²) in [4.78, 5) is 3.77. The standard InChI is InChI=1S/C13H9Br2ClFNO/c14-11-2-8(4-16)3-12(15)13(11)19-7-9-1-10(17)6-18-5-9/h1-3,5-6H,4,7H2. The molecule has 19 heavy (non-hydrogen) atoms. The minimum atomic E-state index is -0.378. The molecule has 1 aromatic heterocycles. The second-order valence-corrected chi connectivity index (χ2v) is 5.80. The van der Waals surface area contributed by atoms with Gasteiger partial charge < -0.3 is 4.74 Å². The zero-order valence-electron chi connectivity index (χ0n) is 9.67. The van der Waals surface area contributed by atoms with Gasteiger partial charge in [-0.2, -0.15) is 0 Å². The van der Waals surface area contributed by atoms with E-state index in [9.17, 15) is 4.39 Å². The van der Waals surface area contributed by atoms with Crippen molar-refractivity contribution in [3.63, 3.8) is 0 Å². The molecule has 1 aromatic carbocycles. The molecule has 2 aromatic rings. The Balaban J connectivity index is 2.16. The first kappa shape index (κ1) is 14.8. The lowest BCUT2D eigenvalue weighted by molar-refractivity contribution is 0.301. The zero-order chi connectivity index (χ0) is 13.8. The van der Waals surface area contributed by atoms with Crippen LogP contribution in [0.25, 0.3) is 0 Å². The van der Waals surface area contributed by atoms with E-state index in [-0.39, 0.29) is 12.4 Å². The number of benzene rings is 1. The molecular weight excluding hydrogens is 400 g/mol. The van der Waals surface area contributed by atoms with Gasteiger partial charge >= 0.3 is 0 Å². The van der Waals surface area contributed by atoms with Crippen LogP contribution in [0.1, 0.15) is 11.1 Å². The van der Waals surface area contributed by atoms with E-state index in [1.54, 1.807) is 6.20 Å². The number of hydrogen-bond acceptors (Lipinski definition) is 2. The Morgan fingerprint density at radius 2 is 1.79 bits per heavy atom. The van der Waals surface area contributed by atoms with Crippen LogP contribution in [0.15, 0.2) is 39.5 Å². The summed E-state index contributed by atoms with van der Waals surface area (Å²) in [6.07, 6.45) is 2.72. The van der Waals surface area contributed by atoms with Gasteiger partial charge in [-0.25, -0.2) is 4.39 Å². The Labute approximate surface area is 132 Å². The molecule has 0 bridgehead atoms. The van der Waals surface area contributed by atoms with Crippen LogP contribution in [0.2, 0.25) is 0 Å². The first-order valence-electron chi connectivity index (χ1n) is 5.36. The summed E-state index contributed by atoms with van der Waals surface area (Å²) in [6, 6.07) is 5.16. The molecule has 1 heterocycles. The quantitative estimate of drug-likeness (QED) is 0.659. The average molecular weight is 409 g/mol. The minimum Gasteiger partial charge on any atom is -0.486 e. The maximum absolute atomic E-state index is 13.0. The number of hydrogen-bond donors (Lipinski definition) is 0. The van der Waals surface area contributed by atoms with Gasteiger partial charge in [0.25, 0.3) is 0 Å². The number of ether oxygens (including phenoxy) is 1. The second-order valence-electron chi connectivity index (χ2n) is 3.82. The fourth-order valence-corrected chi connectivity index (χ4v) is 3.18. The van der Waals surface area contributed by atoms with Crippen LogP contribution in [0, 0.1) is 5.82 Å². The predicted molar refractivity (Wildman–Crippen MR) is 79.9 cm³/mol. The number of pyridine rings is 1. The van der Waals surface area contributed by atoms with Gasteiger partial charge in [0.1, 0.15) is 18.2 Å². The number of rotatable bonds is 4. The summed E-state index contributed by atoms with van der Waals surface area (Å²) >= 11 is 12.6. The van der Waals surface area contributed by atoms with Crippen LogP contribution in [-0.4, -0.2) is 4.98 Å². The summed E-state index contributed by atoms with van der Waals surface area (Å²) < 4.78 is 20.3. The third kappa shape index (κ3) is 3.91. The third-order valence-electron chi connectivity index (χ3n) is 2.36. The van der Waals surface area contributed by atoms with Crippen LogP contribution in [0.5, 0.6) is 5.75 Å². The van der Waals surface area contributed by atoms with E-state index in [0.29, 0.717) is 17.2 Å². The van der Waals surface area contributed by atoms with Gasteiger partial charge in [0.2, 0.25) is 0 Å². The summed E-state index contributed by atoms with van der Waals surface area (Å²) in [5.41, 5.74) is 1.64. The Morgan fingerprint density at radius 1 is 1.11 bits per heavy atom. The third-order valence-corrected chi connectivity index (χ3v) is 3.84. The van der Waals surface area contributed by atoms with Crippen LogP contribution >= 0.6 is 43.5 Å². The fourth-order valence-electron chi connectivity index (χ4n) is 1.52. The Bertz CT molecular complexity index is 572. The Kier molecular flexibility index (Phi) is 5.19. The topological polar surface area (TPSA) is 22.1 Å². The molecule has 6 heteroatoms. The number of aromatic nitrogens is 1. The van der Waals surface area contributed by atoms with Crippen molar-refractivity contribution in [1.29, 1.82) is 0 Å². The zero-order valence-corrected chi connectivity index (χ0v) is 13.6. The van der Waals surface area contributed by atoms with E-state index >= 15 is 0 Å². The van der Waals surface area contributed by atoms with Crippen molar-refractivity contribution in [2.24, 2.45) is 0 Å². The lowest BCUT2D eigenvalue weighted by Crippen LogP contribution is -1.98. The van der Waals surface area contributed by atoms with Crippen molar-refractivity contribution < 1.29 is 9.13 Å². The largest absolute Gasteiger partial charge is 0.486 e. The molecule has 100 valence electrons. The smallest absolute Gasteiger partial charge is 0.148 e. The normalized spacial score (nSPS) is 10.5. The molecular formula is C13H9Br2ClFNO. The maximum atomic E-state index is 13.0. The molecule has 0 fully saturated rings. The number of alkyl halides is 1. The lowest BCUT2D eigenvalue weighted by atomic mass is 10.2. The number of nitrogens with zero attached hydrogens (tertiary/aromatic N) is 1. The van der Waals surface area contributed by atoms with Crippen LogP contribution in [-0.2, 0) is 12.5 Å². The molecule has 0 atom stereocenters. The van der Waals surface area contributed by atoms with Crippen molar-refractivity contribution in [2.45, 2.75) is 12.5 Å². The molecule has 2 nitrogen and oxygen atoms in total. The predicted octanol–water partition coefficient (Wildman–Crippen LogP) is 5.06. The van der Waals surface area contributed by atoms with Crippen molar-refractivity contribution in [3.8, 4) is 5.75 Å². The molecule has 0 unspecified atom stereocenters. The first-order valence-corrected chi connectivity index (χ1v) is 7.48. The van der Waals surface area contributed by atoms with E-state index < -0.39 is 0 Å². The highest BCUT2D eigenvalue weighted by molar-refractivity contribution is 9.11. The van der Waals surface area contributed by atoms with Gasteiger partial charge in [0, 0.05) is 17.6 Å². The molecule has 0 saturated heterocycles. The van der Waals surface area contributed by atoms with Crippen LogP contribution in [0.3, 0.4) is 0 Å². The van der Waals surface area contributed by atoms with Crippen molar-refractivity contribution in [2.75, 3.05) is 0 Å². The number of halogens is 4. The molecule has 0 amide bonds. The molecule has 0 saturated carbocycles. The van der Waals surface area contributed by atoms with Gasteiger partial charge in [0.05, 0.1) is 15.1 Å². The first-order chi connectivity index (χ1) is 9.10. The summed E-state index contributed by atoms with van der Waals surface area (Å²) in [5.74, 6) is 0.695. The van der Waals surface area contributed by atoms with E-state index in [1.807, 2.05) is 12.1 Å². The van der Waals surface area contributed by atoms with Gasteiger partial charge in [-0.3, -0.25) is 4.98 Å². The van der Waals surface area contributed by atoms with E-state index in [0.717, 1.165) is 20.7 Å². The molecule has 0 spiro atoms. The molecule has 0 aliphatic rings. The van der Waals surface area contributed by atoms with E-state index in [2.05, 4.69) is 36.8 Å². The van der Waals surface area contributed by atoms with Gasteiger partial charge in [0.15, 0.2) is 0 Å². The van der Waals surface area contributed by atoms with Crippen molar-refractivity contribution >= 4 is 43.5 Å². The minimum absolute atomic E-state index is 0.238. The van der Waals surface area contributed by atoms with Gasteiger partial charge in [-0.1, -0.05) is 0 Å². The highest BCUT2D eigenvalue weighted by Gasteiger charge is 2.09. The van der Waals surface area contributed by atoms with E-state index in [4.69, 9.17) is 16.3 Å². The van der Waals surface area contributed by atoms with Crippen LogP contribution in [0.4, 0.5) is 4.39 Å². The van der Waals surface area contributed by atoms with E-state index in [1.165, 1.54) is 6.07 Å². The monoisotopic (exact) mass is 407 g/mol. The van der Waals surface area contributed by atoms with Gasteiger partial charge in [-0.15, -0.1) is 11.6 Å². The lowest BCUT2D eigenvalue weighted by Gasteiger charge is -2.11. The Morgan fingerprint density at radius 3 is 2.37 bits per heavy atom. The molecule has 0 aliphatic heterocycles. The molecule has 2 rings (SSSR count). The van der Waals surface area contributed by atoms with Crippen molar-refractivity contribution in [3.05, 3.63) is 56.5 Å². The fraction of sp³-hybridized carbons (Fsp3) is 0.154. The summed E-state index contributed by atoms with van der Waals surface area (Å²) in [7, 11) is 0. The SMILES string of the molecule is Fc1cncc(COc2c(Br)cc(CCl)cc2Br)c1. The molecule has 0 radical (unpaired) electrons. The molecule has 0 N–H and O–H groups in total. The van der Waals surface area contributed by atoms with Gasteiger partial charge in [-0.05, 0) is 55.6 Å². The van der Waals surface area contributed by atoms with Crippen LogP contribution < -0.4 is 4.74 Å². The second kappa shape index (κ2) is 6.68. The average Bonchev–Trinajstić information content (AvgIpc) is 2.37. The summed E-state index contributed by atoms with van der Waals surface area (Å²) in [5, 5.41) is 0. The highest BCUT2D eigenvalue weighted by Crippen LogP contribution is 2.35.